The Kier molecular flexibility index (Phi) is 7.62. The Morgan fingerprint density at radius 1 is 1.27 bits per heavy atom. The highest BCUT2D eigenvalue weighted by Gasteiger charge is 2.36. The van der Waals surface area contributed by atoms with Crippen LogP contribution < -0.4 is 15.4 Å². The van der Waals surface area contributed by atoms with Crippen LogP contribution in [0, 0.1) is 5.92 Å². The molecular weight excluding hydrogens is 376 g/mol. The molecule has 166 valence electrons. The van der Waals surface area contributed by atoms with Crippen LogP contribution in [0.4, 0.5) is 0 Å². The van der Waals surface area contributed by atoms with Crippen LogP contribution in [0.15, 0.2) is 29.3 Å². The summed E-state index contributed by atoms with van der Waals surface area (Å²) in [4.78, 5) is 18.7. The number of piperidine rings is 1. The first-order valence-electron chi connectivity index (χ1n) is 11.4. The molecule has 0 atom stereocenters. The lowest BCUT2D eigenvalue weighted by Crippen LogP contribution is -2.52. The number of amides is 1. The lowest BCUT2D eigenvalue weighted by molar-refractivity contribution is -0.135. The van der Waals surface area contributed by atoms with Crippen LogP contribution in [-0.2, 0) is 10.2 Å². The summed E-state index contributed by atoms with van der Waals surface area (Å²) in [6, 6.07) is 8.87. The summed E-state index contributed by atoms with van der Waals surface area (Å²) in [6.45, 7) is 6.45. The van der Waals surface area contributed by atoms with Gasteiger partial charge in [0, 0.05) is 44.1 Å². The van der Waals surface area contributed by atoms with Gasteiger partial charge in [-0.2, -0.15) is 0 Å². The third kappa shape index (κ3) is 5.27. The first-order valence-corrected chi connectivity index (χ1v) is 11.4. The molecule has 2 aliphatic rings. The summed E-state index contributed by atoms with van der Waals surface area (Å²) in [5.74, 6) is 2.11. The van der Waals surface area contributed by atoms with Crippen molar-refractivity contribution >= 4 is 11.9 Å². The van der Waals surface area contributed by atoms with Crippen LogP contribution >= 0.6 is 0 Å². The fraction of sp³-hybridized carbons (Fsp3) is 0.667. The number of ether oxygens (including phenoxy) is 1. The van der Waals surface area contributed by atoms with Crippen LogP contribution in [0.5, 0.6) is 5.75 Å². The highest BCUT2D eigenvalue weighted by atomic mass is 16.5. The van der Waals surface area contributed by atoms with Gasteiger partial charge >= 0.3 is 0 Å². The van der Waals surface area contributed by atoms with Gasteiger partial charge in [-0.15, -0.1) is 0 Å². The summed E-state index contributed by atoms with van der Waals surface area (Å²) in [6.07, 6.45) is 6.79. The SMILES string of the molecule is CN=C(NCC1(c2cccc(OC)c2)CCCC1)NC1CCN(C(=O)C(C)C)CC1. The Hall–Kier alpha value is -2.24. The summed E-state index contributed by atoms with van der Waals surface area (Å²) < 4.78 is 5.46. The monoisotopic (exact) mass is 414 g/mol. The molecule has 1 saturated carbocycles. The molecule has 0 spiro atoms. The van der Waals surface area contributed by atoms with Gasteiger partial charge in [0.15, 0.2) is 5.96 Å². The predicted octanol–water partition coefficient (Wildman–Crippen LogP) is 3.32. The minimum absolute atomic E-state index is 0.0724. The Balaban J connectivity index is 1.57. The normalized spacial score (nSPS) is 19.8. The van der Waals surface area contributed by atoms with Gasteiger partial charge < -0.3 is 20.3 Å². The zero-order chi connectivity index (χ0) is 21.6. The van der Waals surface area contributed by atoms with Crippen molar-refractivity contribution in [3.8, 4) is 5.75 Å². The van der Waals surface area contributed by atoms with E-state index in [1.165, 1.54) is 31.2 Å². The van der Waals surface area contributed by atoms with Gasteiger partial charge in [-0.1, -0.05) is 38.8 Å². The number of hydrogen-bond acceptors (Lipinski definition) is 3. The van der Waals surface area contributed by atoms with Crippen molar-refractivity contribution in [3.05, 3.63) is 29.8 Å². The van der Waals surface area contributed by atoms with Gasteiger partial charge in [-0.3, -0.25) is 9.79 Å². The fourth-order valence-corrected chi connectivity index (χ4v) is 4.82. The van der Waals surface area contributed by atoms with Gasteiger partial charge in [0.25, 0.3) is 0 Å². The molecule has 6 nitrogen and oxygen atoms in total. The number of likely N-dealkylation sites (tertiary alicyclic amines) is 1. The third-order valence-corrected chi connectivity index (χ3v) is 6.70. The zero-order valence-corrected chi connectivity index (χ0v) is 19.0. The van der Waals surface area contributed by atoms with E-state index >= 15 is 0 Å². The molecule has 3 rings (SSSR count). The molecule has 0 aromatic heterocycles. The first kappa shape index (κ1) is 22.4. The topological polar surface area (TPSA) is 66.0 Å². The second kappa shape index (κ2) is 10.2. The van der Waals surface area contributed by atoms with E-state index in [0.29, 0.717) is 6.04 Å². The van der Waals surface area contributed by atoms with Crippen molar-refractivity contribution in [2.24, 2.45) is 10.9 Å². The maximum atomic E-state index is 12.2. The number of methoxy groups -OCH3 is 1. The fourth-order valence-electron chi connectivity index (χ4n) is 4.82. The predicted molar refractivity (Wildman–Crippen MR) is 122 cm³/mol. The van der Waals surface area contributed by atoms with Crippen molar-refractivity contribution in [2.45, 2.75) is 63.8 Å². The average Bonchev–Trinajstić information content (AvgIpc) is 3.26. The highest BCUT2D eigenvalue weighted by Crippen LogP contribution is 2.41. The summed E-state index contributed by atoms with van der Waals surface area (Å²) in [5.41, 5.74) is 1.47. The third-order valence-electron chi connectivity index (χ3n) is 6.70. The molecule has 1 aliphatic heterocycles. The molecule has 1 aromatic carbocycles. The number of nitrogens with zero attached hydrogens (tertiary/aromatic N) is 2. The lowest BCUT2D eigenvalue weighted by atomic mass is 9.78. The molecule has 1 heterocycles. The molecule has 0 unspecified atom stereocenters. The zero-order valence-electron chi connectivity index (χ0n) is 19.0. The van der Waals surface area contributed by atoms with E-state index in [2.05, 4.69) is 33.8 Å². The molecule has 30 heavy (non-hydrogen) atoms. The molecule has 0 bridgehead atoms. The molecule has 1 aromatic rings. The quantitative estimate of drug-likeness (QED) is 0.554. The van der Waals surface area contributed by atoms with E-state index in [9.17, 15) is 4.79 Å². The molecule has 1 saturated heterocycles. The van der Waals surface area contributed by atoms with E-state index in [4.69, 9.17) is 4.74 Å². The summed E-state index contributed by atoms with van der Waals surface area (Å²) in [7, 11) is 3.56. The summed E-state index contributed by atoms with van der Waals surface area (Å²) in [5, 5.41) is 7.19. The minimum atomic E-state index is 0.0724. The van der Waals surface area contributed by atoms with Crippen LogP contribution in [0.2, 0.25) is 0 Å². The lowest BCUT2D eigenvalue weighted by Gasteiger charge is -2.35. The van der Waals surface area contributed by atoms with E-state index in [1.807, 2.05) is 31.9 Å². The van der Waals surface area contributed by atoms with Crippen molar-refractivity contribution in [2.75, 3.05) is 33.8 Å². The number of benzene rings is 1. The van der Waals surface area contributed by atoms with E-state index in [-0.39, 0.29) is 17.2 Å². The van der Waals surface area contributed by atoms with E-state index in [0.717, 1.165) is 44.2 Å². The number of carbonyl (C=O) groups is 1. The van der Waals surface area contributed by atoms with E-state index < -0.39 is 0 Å². The van der Waals surface area contributed by atoms with Gasteiger partial charge in [-0.25, -0.2) is 0 Å². The maximum Gasteiger partial charge on any atom is 0.225 e. The molecule has 2 N–H and O–H groups in total. The highest BCUT2D eigenvalue weighted by molar-refractivity contribution is 5.80. The number of nitrogens with one attached hydrogen (secondary N) is 2. The van der Waals surface area contributed by atoms with Crippen LogP contribution in [0.3, 0.4) is 0 Å². The minimum Gasteiger partial charge on any atom is -0.497 e. The van der Waals surface area contributed by atoms with E-state index in [1.54, 1.807) is 7.11 Å². The maximum absolute atomic E-state index is 12.2. The van der Waals surface area contributed by atoms with Crippen molar-refractivity contribution in [1.82, 2.24) is 15.5 Å². The van der Waals surface area contributed by atoms with Crippen molar-refractivity contribution in [3.63, 3.8) is 0 Å². The van der Waals surface area contributed by atoms with Crippen molar-refractivity contribution < 1.29 is 9.53 Å². The van der Waals surface area contributed by atoms with Crippen molar-refractivity contribution in [1.29, 1.82) is 0 Å². The largest absolute Gasteiger partial charge is 0.497 e. The first-order chi connectivity index (χ1) is 14.5. The van der Waals surface area contributed by atoms with Crippen LogP contribution in [0.25, 0.3) is 0 Å². The second-order valence-electron chi connectivity index (χ2n) is 9.04. The van der Waals surface area contributed by atoms with Crippen LogP contribution in [-0.4, -0.2) is 56.6 Å². The molecule has 1 amide bonds. The second-order valence-corrected chi connectivity index (χ2v) is 9.04. The van der Waals surface area contributed by atoms with Crippen LogP contribution in [0.1, 0.15) is 57.9 Å². The number of aliphatic imine (C=N–C) groups is 1. The summed E-state index contributed by atoms with van der Waals surface area (Å²) >= 11 is 0. The smallest absolute Gasteiger partial charge is 0.225 e. The number of hydrogen-bond donors (Lipinski definition) is 2. The Morgan fingerprint density at radius 3 is 2.57 bits per heavy atom. The standard InChI is InChI=1S/C24H38N4O2/c1-18(2)22(29)28-14-10-20(11-15-28)27-23(25-3)26-17-24(12-5-6-13-24)19-8-7-9-21(16-19)30-4/h7-9,16,18,20H,5-6,10-15,17H2,1-4H3,(H2,25,26,27). The number of carbonyl (C=O) groups excluding carboxylic acids is 1. The van der Waals surface area contributed by atoms with Gasteiger partial charge in [-0.05, 0) is 43.4 Å². The molecule has 0 radical (unpaired) electrons. The van der Waals surface area contributed by atoms with Gasteiger partial charge in [0.05, 0.1) is 7.11 Å². The molecule has 6 heteroatoms. The number of rotatable bonds is 6. The molecule has 1 aliphatic carbocycles. The average molecular weight is 415 g/mol. The molecule has 2 fully saturated rings. The Labute approximate surface area is 181 Å². The molecular formula is C24H38N4O2. The van der Waals surface area contributed by atoms with Gasteiger partial charge in [0.2, 0.25) is 5.91 Å². The van der Waals surface area contributed by atoms with Gasteiger partial charge in [0.1, 0.15) is 5.75 Å². The Morgan fingerprint density at radius 2 is 1.97 bits per heavy atom. The Bertz CT molecular complexity index is 732. The number of guanidine groups is 1.